The van der Waals surface area contributed by atoms with Crippen LogP contribution in [0, 0.1) is 0 Å². The maximum absolute atomic E-state index is 12.6. The molecule has 0 rings (SSSR count). The normalized spacial score (nSPS) is 15.4. The van der Waals surface area contributed by atoms with E-state index in [9.17, 15) is 35.1 Å². The van der Waals surface area contributed by atoms with Crippen LogP contribution in [-0.4, -0.2) is 28.4 Å². The molecule has 0 saturated carbocycles. The third-order valence-electron chi connectivity index (χ3n) is 1.48. The van der Waals surface area contributed by atoms with Gasteiger partial charge in [0.25, 0.3) is 0 Å². The topological polar surface area (TPSA) is 14.1 Å². The minimum Gasteiger partial charge on any atom is -0.595 e. The van der Waals surface area contributed by atoms with E-state index in [-0.39, 0.29) is 22.6 Å². The fourth-order valence-corrected chi connectivity index (χ4v) is 1.00. The summed E-state index contributed by atoms with van der Waals surface area (Å²) in [4.78, 5) is 0. The SMILES string of the molecule is CC[N-]C(F)(F)C(F)(F)C(F)(F)C(F)(F)I. The Kier molecular flexibility index (Phi) is 4.46. The van der Waals surface area contributed by atoms with Gasteiger partial charge in [-0.15, -0.1) is 6.54 Å². The summed E-state index contributed by atoms with van der Waals surface area (Å²) in [7, 11) is 0. The molecule has 16 heavy (non-hydrogen) atoms. The Bertz CT molecular complexity index is 247. The molecule has 0 heterocycles. The van der Waals surface area contributed by atoms with Gasteiger partial charge < -0.3 is 5.32 Å². The fraction of sp³-hybridized carbons (Fsp3) is 1.00. The lowest BCUT2D eigenvalue weighted by Gasteiger charge is -2.41. The average Bonchev–Trinajstić information content (AvgIpc) is 2.01. The summed E-state index contributed by atoms with van der Waals surface area (Å²) in [6.07, 6.45) is 0. The molecule has 0 aliphatic carbocycles. The number of nitrogens with zero attached hydrogens (tertiary/aromatic N) is 1. The van der Waals surface area contributed by atoms with Crippen molar-refractivity contribution in [1.82, 2.24) is 0 Å². The van der Waals surface area contributed by atoms with E-state index in [1.807, 2.05) is 5.32 Å². The smallest absolute Gasteiger partial charge is 0.385 e. The first kappa shape index (κ1) is 16.1. The quantitative estimate of drug-likeness (QED) is 0.297. The van der Waals surface area contributed by atoms with Crippen molar-refractivity contribution in [2.75, 3.05) is 6.54 Å². The summed E-state index contributed by atoms with van der Waals surface area (Å²) in [5, 5.41) is 1.91. The Labute approximate surface area is 98.7 Å². The molecule has 0 saturated heterocycles. The third-order valence-corrected chi connectivity index (χ3v) is 2.16. The highest BCUT2D eigenvalue weighted by Crippen LogP contribution is 2.56. The Morgan fingerprint density at radius 1 is 0.875 bits per heavy atom. The summed E-state index contributed by atoms with van der Waals surface area (Å²) in [5.74, 6) is -12.5. The van der Waals surface area contributed by atoms with Gasteiger partial charge in [-0.2, -0.15) is 26.3 Å². The molecule has 0 aliphatic heterocycles. The zero-order valence-electron chi connectivity index (χ0n) is 7.56. The van der Waals surface area contributed by atoms with Crippen molar-refractivity contribution in [1.29, 1.82) is 0 Å². The molecule has 98 valence electrons. The van der Waals surface area contributed by atoms with Gasteiger partial charge in [-0.25, -0.2) is 8.78 Å². The van der Waals surface area contributed by atoms with E-state index in [0.29, 0.717) is 0 Å². The number of alkyl halides is 9. The Balaban J connectivity index is 5.34. The van der Waals surface area contributed by atoms with E-state index in [4.69, 9.17) is 0 Å². The standard InChI is InChI=1S/C6H5F8IN/c1-2-16-6(13,14)4(9,10)3(7,8)5(11,12)15/h2H2,1H3/q-1. The monoisotopic (exact) mass is 370 g/mol. The van der Waals surface area contributed by atoms with E-state index in [1.165, 1.54) is 0 Å². The van der Waals surface area contributed by atoms with Crippen LogP contribution in [0.15, 0.2) is 0 Å². The van der Waals surface area contributed by atoms with Crippen molar-refractivity contribution < 1.29 is 35.1 Å². The zero-order chi connectivity index (χ0) is 13.4. The Hall–Kier alpha value is 0.130. The molecule has 0 aliphatic rings. The number of rotatable bonds is 5. The number of hydrogen-bond donors (Lipinski definition) is 0. The van der Waals surface area contributed by atoms with Gasteiger partial charge in [-0.1, -0.05) is 6.92 Å². The summed E-state index contributed by atoms with van der Waals surface area (Å²) >= 11 is -0.325. The predicted molar refractivity (Wildman–Crippen MR) is 47.7 cm³/mol. The molecule has 0 aromatic rings. The van der Waals surface area contributed by atoms with Gasteiger partial charge >= 0.3 is 15.8 Å². The van der Waals surface area contributed by atoms with E-state index in [2.05, 4.69) is 0 Å². The zero-order valence-corrected chi connectivity index (χ0v) is 9.71. The minimum absolute atomic E-state index is 0.325. The van der Waals surface area contributed by atoms with Crippen LogP contribution < -0.4 is 0 Å². The van der Waals surface area contributed by atoms with E-state index in [0.717, 1.165) is 6.92 Å². The van der Waals surface area contributed by atoms with Crippen molar-refractivity contribution in [2.24, 2.45) is 0 Å². The molecule has 0 atom stereocenters. The highest BCUT2D eigenvalue weighted by Gasteiger charge is 2.76. The van der Waals surface area contributed by atoms with Crippen LogP contribution in [0.25, 0.3) is 5.32 Å². The first-order valence-corrected chi connectivity index (χ1v) is 4.78. The molecule has 0 amide bonds. The Morgan fingerprint density at radius 2 is 1.25 bits per heavy atom. The highest BCUT2D eigenvalue weighted by atomic mass is 127. The summed E-state index contributed by atoms with van der Waals surface area (Å²) in [5.41, 5.74) is 0. The molecule has 10 heteroatoms. The van der Waals surface area contributed by atoms with Gasteiger partial charge in [0.1, 0.15) is 0 Å². The second-order valence-electron chi connectivity index (χ2n) is 2.66. The highest BCUT2D eigenvalue weighted by molar-refractivity contribution is 14.1. The van der Waals surface area contributed by atoms with E-state index in [1.54, 1.807) is 0 Å². The van der Waals surface area contributed by atoms with Gasteiger partial charge in [-0.3, -0.25) is 0 Å². The van der Waals surface area contributed by atoms with Crippen LogP contribution >= 0.6 is 22.6 Å². The number of hydrogen-bond acceptors (Lipinski definition) is 0. The van der Waals surface area contributed by atoms with Gasteiger partial charge in [0.2, 0.25) is 6.05 Å². The first-order chi connectivity index (χ1) is 6.81. The molecule has 0 fully saturated rings. The van der Waals surface area contributed by atoms with Crippen LogP contribution in [0.1, 0.15) is 6.92 Å². The van der Waals surface area contributed by atoms with Crippen LogP contribution in [0.2, 0.25) is 0 Å². The molecular weight excluding hydrogens is 365 g/mol. The molecule has 0 spiro atoms. The van der Waals surface area contributed by atoms with Gasteiger partial charge in [0, 0.05) is 22.6 Å². The average molecular weight is 370 g/mol. The first-order valence-electron chi connectivity index (χ1n) is 3.70. The lowest BCUT2D eigenvalue weighted by molar-refractivity contribution is -0.332. The Morgan fingerprint density at radius 3 is 1.50 bits per heavy atom. The van der Waals surface area contributed by atoms with E-state index < -0.39 is 28.4 Å². The van der Waals surface area contributed by atoms with Gasteiger partial charge in [-0.05, 0) is 0 Å². The van der Waals surface area contributed by atoms with Crippen molar-refractivity contribution in [3.8, 4) is 0 Å². The van der Waals surface area contributed by atoms with Crippen molar-refractivity contribution in [3.63, 3.8) is 0 Å². The predicted octanol–water partition coefficient (Wildman–Crippen LogP) is 4.27. The van der Waals surface area contributed by atoms with Crippen LogP contribution in [0.3, 0.4) is 0 Å². The lowest BCUT2D eigenvalue weighted by atomic mass is 10.1. The molecule has 0 aromatic heterocycles. The molecule has 1 nitrogen and oxygen atoms in total. The minimum atomic E-state index is -6.26. The largest absolute Gasteiger partial charge is 0.595 e. The maximum atomic E-state index is 12.6. The molecule has 0 bridgehead atoms. The van der Waals surface area contributed by atoms with E-state index >= 15 is 0 Å². The van der Waals surface area contributed by atoms with Crippen molar-refractivity contribution in [3.05, 3.63) is 5.32 Å². The summed E-state index contributed by atoms with van der Waals surface area (Å²) in [6, 6.07) is -5.56. The third kappa shape index (κ3) is 2.51. The maximum Gasteiger partial charge on any atom is 0.385 e. The second-order valence-corrected chi connectivity index (χ2v) is 4.02. The fourth-order valence-electron chi connectivity index (χ4n) is 0.665. The van der Waals surface area contributed by atoms with Gasteiger partial charge in [0.05, 0.1) is 0 Å². The van der Waals surface area contributed by atoms with Gasteiger partial charge in [0.15, 0.2) is 0 Å². The van der Waals surface area contributed by atoms with Crippen LogP contribution in [-0.2, 0) is 0 Å². The second kappa shape index (κ2) is 4.42. The van der Waals surface area contributed by atoms with Crippen molar-refractivity contribution >= 4 is 22.6 Å². The molecule has 0 aromatic carbocycles. The molecule has 0 unspecified atom stereocenters. The van der Waals surface area contributed by atoms with Crippen molar-refractivity contribution in [2.45, 2.75) is 28.7 Å². The summed E-state index contributed by atoms with van der Waals surface area (Å²) < 4.78 is 94.1. The molecular formula is C6H5F8IN-. The van der Waals surface area contributed by atoms with Crippen LogP contribution in [0.5, 0.6) is 0 Å². The molecule has 0 radical (unpaired) electrons. The van der Waals surface area contributed by atoms with Crippen LogP contribution in [0.4, 0.5) is 35.1 Å². The molecule has 0 N–H and O–H groups in total. The number of halogens is 9. The lowest BCUT2D eigenvalue weighted by Crippen LogP contribution is -2.60. The summed E-state index contributed by atoms with van der Waals surface area (Å²) in [6.45, 7) is -0.0319.